The number of β-amino-alcohol motifs (C(OH)–C–C–N with tert-alkyl or cyclic N) is 1. The number of hydrogen-bond acceptors (Lipinski definition) is 4. The number of aromatic nitrogens is 1. The second kappa shape index (κ2) is 3.34. The van der Waals surface area contributed by atoms with Crippen molar-refractivity contribution in [1.82, 2.24) is 10.1 Å². The second-order valence-electron chi connectivity index (χ2n) is 4.30. The van der Waals surface area contributed by atoms with Gasteiger partial charge >= 0.3 is 0 Å². The lowest BCUT2D eigenvalue weighted by Crippen LogP contribution is -2.34. The normalized spacial score (nSPS) is 25.9. The summed E-state index contributed by atoms with van der Waals surface area (Å²) in [6.07, 6.45) is 0.607. The molecule has 0 aliphatic carbocycles. The minimum absolute atomic E-state index is 0.176. The summed E-state index contributed by atoms with van der Waals surface area (Å²) in [6.45, 7) is 4.40. The van der Waals surface area contributed by atoms with Crippen LogP contribution in [0.15, 0.2) is 10.6 Å². The van der Waals surface area contributed by atoms with Gasteiger partial charge in [0.25, 0.3) is 5.91 Å². The van der Waals surface area contributed by atoms with Gasteiger partial charge in [-0.05, 0) is 20.3 Å². The highest BCUT2D eigenvalue weighted by molar-refractivity contribution is 5.92. The topological polar surface area (TPSA) is 66.6 Å². The predicted molar refractivity (Wildman–Crippen MR) is 52.4 cm³/mol. The number of nitrogens with zero attached hydrogens (tertiary/aromatic N) is 2. The molecule has 0 saturated carbocycles. The number of amides is 1. The summed E-state index contributed by atoms with van der Waals surface area (Å²) < 4.78 is 4.84. The van der Waals surface area contributed by atoms with Crippen LogP contribution in [0.4, 0.5) is 0 Å². The van der Waals surface area contributed by atoms with Gasteiger partial charge in [-0.1, -0.05) is 5.16 Å². The lowest BCUT2D eigenvalue weighted by molar-refractivity contribution is 0.0566. The van der Waals surface area contributed by atoms with Crippen LogP contribution in [0.5, 0.6) is 0 Å². The fourth-order valence-corrected chi connectivity index (χ4v) is 1.75. The Morgan fingerprint density at radius 3 is 2.93 bits per heavy atom. The summed E-state index contributed by atoms with van der Waals surface area (Å²) >= 11 is 0. The van der Waals surface area contributed by atoms with E-state index in [9.17, 15) is 9.90 Å². The number of rotatable bonds is 1. The summed E-state index contributed by atoms with van der Waals surface area (Å²) in [5.41, 5.74) is -0.459. The first kappa shape index (κ1) is 10.2. The molecule has 1 amide bonds. The smallest absolute Gasteiger partial charge is 0.276 e. The van der Waals surface area contributed by atoms with E-state index in [-0.39, 0.29) is 5.91 Å². The predicted octanol–water partition coefficient (Wildman–Crippen LogP) is 0.580. The fraction of sp³-hybridized carbons (Fsp3) is 0.600. The molecule has 15 heavy (non-hydrogen) atoms. The minimum atomic E-state index is -0.769. The van der Waals surface area contributed by atoms with Gasteiger partial charge in [0.1, 0.15) is 5.76 Å². The number of hydrogen-bond donors (Lipinski definition) is 1. The molecule has 1 aromatic heterocycles. The molecular formula is C10H14N2O3. The van der Waals surface area contributed by atoms with Crippen molar-refractivity contribution in [1.29, 1.82) is 0 Å². The van der Waals surface area contributed by atoms with Gasteiger partial charge in [-0.2, -0.15) is 0 Å². The van der Waals surface area contributed by atoms with Crippen molar-refractivity contribution < 1.29 is 14.4 Å². The Bertz CT molecular complexity index is 384. The summed E-state index contributed by atoms with van der Waals surface area (Å²) in [7, 11) is 0. The number of carbonyl (C=O) groups excluding carboxylic acids is 1. The van der Waals surface area contributed by atoms with E-state index >= 15 is 0 Å². The molecular weight excluding hydrogens is 196 g/mol. The summed E-state index contributed by atoms with van der Waals surface area (Å²) in [5, 5.41) is 13.4. The van der Waals surface area contributed by atoms with E-state index in [0.717, 1.165) is 0 Å². The molecule has 5 heteroatoms. The second-order valence-corrected chi connectivity index (χ2v) is 4.30. The van der Waals surface area contributed by atoms with E-state index in [1.165, 1.54) is 0 Å². The van der Waals surface area contributed by atoms with Crippen molar-refractivity contribution in [2.24, 2.45) is 0 Å². The Balaban J connectivity index is 2.10. The van der Waals surface area contributed by atoms with Crippen molar-refractivity contribution in [3.8, 4) is 0 Å². The molecule has 2 rings (SSSR count). The van der Waals surface area contributed by atoms with Gasteiger partial charge in [0.2, 0.25) is 0 Å². The average Bonchev–Trinajstić information content (AvgIpc) is 2.71. The molecule has 0 spiro atoms. The Hall–Kier alpha value is -1.36. The third-order valence-corrected chi connectivity index (χ3v) is 2.59. The van der Waals surface area contributed by atoms with Crippen LogP contribution in [0.1, 0.15) is 29.6 Å². The van der Waals surface area contributed by atoms with E-state index < -0.39 is 5.60 Å². The first-order valence-electron chi connectivity index (χ1n) is 4.93. The van der Waals surface area contributed by atoms with E-state index in [4.69, 9.17) is 4.52 Å². The third-order valence-electron chi connectivity index (χ3n) is 2.59. The molecule has 82 valence electrons. The highest BCUT2D eigenvalue weighted by atomic mass is 16.5. The largest absolute Gasteiger partial charge is 0.388 e. The molecule has 2 heterocycles. The molecule has 0 radical (unpaired) electrons. The van der Waals surface area contributed by atoms with Gasteiger partial charge in [0.05, 0.1) is 5.60 Å². The van der Waals surface area contributed by atoms with Crippen LogP contribution in [-0.4, -0.2) is 39.8 Å². The molecule has 1 N–H and O–H groups in total. The zero-order chi connectivity index (χ0) is 11.1. The molecule has 1 saturated heterocycles. The van der Waals surface area contributed by atoms with Crippen molar-refractivity contribution in [2.75, 3.05) is 13.1 Å². The van der Waals surface area contributed by atoms with Crippen LogP contribution in [0.2, 0.25) is 0 Å². The van der Waals surface area contributed by atoms with Gasteiger partial charge in [-0.25, -0.2) is 0 Å². The molecule has 5 nitrogen and oxygen atoms in total. The zero-order valence-corrected chi connectivity index (χ0v) is 8.86. The van der Waals surface area contributed by atoms with Crippen molar-refractivity contribution in [3.05, 3.63) is 17.5 Å². The average molecular weight is 210 g/mol. The fourth-order valence-electron chi connectivity index (χ4n) is 1.75. The summed E-state index contributed by atoms with van der Waals surface area (Å²) in [6, 6.07) is 1.61. The molecule has 1 fully saturated rings. The summed E-state index contributed by atoms with van der Waals surface area (Å²) in [4.78, 5) is 13.4. The number of aryl methyl sites for hydroxylation is 1. The van der Waals surface area contributed by atoms with Crippen LogP contribution < -0.4 is 0 Å². The number of aliphatic hydroxyl groups is 1. The van der Waals surface area contributed by atoms with Crippen LogP contribution >= 0.6 is 0 Å². The molecule has 1 aliphatic rings. The molecule has 0 aromatic carbocycles. The number of carbonyl (C=O) groups is 1. The molecule has 1 unspecified atom stereocenters. The third kappa shape index (κ3) is 2.02. The Morgan fingerprint density at radius 2 is 2.47 bits per heavy atom. The maximum Gasteiger partial charge on any atom is 0.276 e. The first-order valence-corrected chi connectivity index (χ1v) is 4.93. The van der Waals surface area contributed by atoms with E-state index in [1.54, 1.807) is 24.8 Å². The molecule has 1 atom stereocenters. The van der Waals surface area contributed by atoms with E-state index in [2.05, 4.69) is 5.16 Å². The Kier molecular flexibility index (Phi) is 2.26. The monoisotopic (exact) mass is 210 g/mol. The van der Waals surface area contributed by atoms with E-state index in [1.807, 2.05) is 0 Å². The van der Waals surface area contributed by atoms with Crippen molar-refractivity contribution in [2.45, 2.75) is 25.9 Å². The summed E-state index contributed by atoms with van der Waals surface area (Å²) in [5.74, 6) is 0.439. The molecule has 0 bridgehead atoms. The Labute approximate surface area is 87.7 Å². The maximum atomic E-state index is 11.8. The molecule has 1 aliphatic heterocycles. The van der Waals surface area contributed by atoms with Gasteiger partial charge in [-0.3, -0.25) is 4.79 Å². The van der Waals surface area contributed by atoms with Crippen LogP contribution in [-0.2, 0) is 0 Å². The van der Waals surface area contributed by atoms with E-state index in [0.29, 0.717) is 31.0 Å². The highest BCUT2D eigenvalue weighted by Gasteiger charge is 2.35. The van der Waals surface area contributed by atoms with Gasteiger partial charge in [0, 0.05) is 19.2 Å². The zero-order valence-electron chi connectivity index (χ0n) is 8.86. The highest BCUT2D eigenvalue weighted by Crippen LogP contribution is 2.21. The standard InChI is InChI=1S/C10H14N2O3/c1-7-5-8(11-15-7)9(13)12-4-3-10(2,14)6-12/h5,14H,3-4,6H2,1-2H3. The van der Waals surface area contributed by atoms with Crippen LogP contribution in [0.25, 0.3) is 0 Å². The van der Waals surface area contributed by atoms with Gasteiger partial charge < -0.3 is 14.5 Å². The molecule has 1 aromatic rings. The van der Waals surface area contributed by atoms with Gasteiger partial charge in [0.15, 0.2) is 5.69 Å². The van der Waals surface area contributed by atoms with Gasteiger partial charge in [-0.15, -0.1) is 0 Å². The van der Waals surface area contributed by atoms with Crippen LogP contribution in [0, 0.1) is 6.92 Å². The minimum Gasteiger partial charge on any atom is -0.388 e. The Morgan fingerprint density at radius 1 is 1.73 bits per heavy atom. The SMILES string of the molecule is Cc1cc(C(=O)N2CCC(C)(O)C2)no1. The van der Waals surface area contributed by atoms with Crippen LogP contribution in [0.3, 0.4) is 0 Å². The van der Waals surface area contributed by atoms with Crippen molar-refractivity contribution in [3.63, 3.8) is 0 Å². The lowest BCUT2D eigenvalue weighted by atomic mass is 10.1. The first-order chi connectivity index (χ1) is 6.98. The quantitative estimate of drug-likeness (QED) is 0.736. The maximum absolute atomic E-state index is 11.8. The van der Waals surface area contributed by atoms with Crippen molar-refractivity contribution >= 4 is 5.91 Å². The number of likely N-dealkylation sites (tertiary alicyclic amines) is 1. The lowest BCUT2D eigenvalue weighted by Gasteiger charge is -2.17.